The highest BCUT2D eigenvalue weighted by atomic mass is 35.5. The standard InChI is InChI=1S/C22H19ClN2O4/c1-27-19-9-13(10-20(28-2)21(19)29-3)12-4-7-16-18(8-12)25-22(26)15-6-5-14(23)11-17(15)24-16/h4-11,24H,1-3H3,(H,25,26). The first kappa shape index (κ1) is 19.0. The molecule has 0 atom stereocenters. The summed E-state index contributed by atoms with van der Waals surface area (Å²) in [6.45, 7) is 0. The van der Waals surface area contributed by atoms with Crippen molar-refractivity contribution >= 4 is 34.6 Å². The highest BCUT2D eigenvalue weighted by Crippen LogP contribution is 2.43. The normalized spacial score (nSPS) is 12.1. The molecule has 0 radical (unpaired) electrons. The molecule has 0 unspecified atom stereocenters. The van der Waals surface area contributed by atoms with Gasteiger partial charge in [0, 0.05) is 5.02 Å². The summed E-state index contributed by atoms with van der Waals surface area (Å²) in [6, 6.07) is 14.6. The number of methoxy groups -OCH3 is 3. The predicted octanol–water partition coefficient (Wildman–Crippen LogP) is 5.34. The lowest BCUT2D eigenvalue weighted by Crippen LogP contribution is -2.10. The van der Waals surface area contributed by atoms with Crippen molar-refractivity contribution in [3.8, 4) is 28.4 Å². The van der Waals surface area contributed by atoms with E-state index in [2.05, 4.69) is 10.6 Å². The van der Waals surface area contributed by atoms with Crippen molar-refractivity contribution in [1.82, 2.24) is 0 Å². The smallest absolute Gasteiger partial charge is 0.257 e. The first-order valence-electron chi connectivity index (χ1n) is 8.86. The van der Waals surface area contributed by atoms with Gasteiger partial charge in [-0.3, -0.25) is 4.79 Å². The average Bonchev–Trinajstić information content (AvgIpc) is 2.86. The molecule has 4 rings (SSSR count). The Balaban J connectivity index is 1.78. The molecule has 29 heavy (non-hydrogen) atoms. The van der Waals surface area contributed by atoms with E-state index in [9.17, 15) is 4.79 Å². The van der Waals surface area contributed by atoms with Crippen LogP contribution in [-0.4, -0.2) is 27.2 Å². The maximum atomic E-state index is 12.7. The molecule has 1 aliphatic rings. The zero-order valence-electron chi connectivity index (χ0n) is 16.1. The van der Waals surface area contributed by atoms with Gasteiger partial charge in [0.15, 0.2) is 11.5 Å². The molecule has 0 spiro atoms. The van der Waals surface area contributed by atoms with E-state index in [0.717, 1.165) is 16.8 Å². The number of fused-ring (bicyclic) bond motifs is 2. The number of carbonyl (C=O) groups excluding carboxylic acids is 1. The van der Waals surface area contributed by atoms with Crippen molar-refractivity contribution in [3.63, 3.8) is 0 Å². The molecule has 1 aliphatic heterocycles. The van der Waals surface area contributed by atoms with Gasteiger partial charge in [-0.15, -0.1) is 0 Å². The van der Waals surface area contributed by atoms with Gasteiger partial charge in [0.2, 0.25) is 5.75 Å². The summed E-state index contributed by atoms with van der Waals surface area (Å²) in [5.74, 6) is 1.43. The van der Waals surface area contributed by atoms with E-state index in [1.807, 2.05) is 30.3 Å². The Morgan fingerprint density at radius 1 is 0.724 bits per heavy atom. The van der Waals surface area contributed by atoms with E-state index in [-0.39, 0.29) is 5.91 Å². The van der Waals surface area contributed by atoms with Crippen molar-refractivity contribution in [2.75, 3.05) is 32.0 Å². The topological polar surface area (TPSA) is 68.8 Å². The molecular weight excluding hydrogens is 392 g/mol. The zero-order chi connectivity index (χ0) is 20.5. The fourth-order valence-corrected chi connectivity index (χ4v) is 3.51. The lowest BCUT2D eigenvalue weighted by atomic mass is 10.0. The van der Waals surface area contributed by atoms with Gasteiger partial charge in [0.05, 0.1) is 44.0 Å². The van der Waals surface area contributed by atoms with Crippen LogP contribution in [0.3, 0.4) is 0 Å². The number of amides is 1. The Morgan fingerprint density at radius 3 is 2.10 bits per heavy atom. The van der Waals surface area contributed by atoms with Gasteiger partial charge in [0.25, 0.3) is 5.91 Å². The Bertz CT molecular complexity index is 1090. The molecule has 0 saturated carbocycles. The first-order valence-corrected chi connectivity index (χ1v) is 9.24. The van der Waals surface area contributed by atoms with Crippen LogP contribution in [-0.2, 0) is 0 Å². The fraction of sp³-hybridized carbons (Fsp3) is 0.136. The van der Waals surface area contributed by atoms with E-state index < -0.39 is 0 Å². The molecule has 0 aliphatic carbocycles. The molecule has 3 aromatic rings. The van der Waals surface area contributed by atoms with Crippen LogP contribution in [0, 0.1) is 0 Å². The molecule has 1 amide bonds. The third kappa shape index (κ3) is 3.43. The third-order valence-corrected chi connectivity index (χ3v) is 5.00. The maximum Gasteiger partial charge on any atom is 0.257 e. The van der Waals surface area contributed by atoms with Gasteiger partial charge in [-0.25, -0.2) is 0 Å². The molecule has 3 aromatic carbocycles. The maximum absolute atomic E-state index is 12.7. The Kier molecular flexibility index (Phi) is 4.94. The van der Waals surface area contributed by atoms with E-state index in [1.54, 1.807) is 39.5 Å². The van der Waals surface area contributed by atoms with Gasteiger partial charge in [-0.2, -0.15) is 0 Å². The van der Waals surface area contributed by atoms with Gasteiger partial charge in [-0.05, 0) is 53.6 Å². The Hall–Kier alpha value is -3.38. The molecule has 1 heterocycles. The molecule has 2 N–H and O–H groups in total. The summed E-state index contributed by atoms with van der Waals surface area (Å²) in [5.41, 5.74) is 4.37. The van der Waals surface area contributed by atoms with Crippen LogP contribution in [0.15, 0.2) is 48.5 Å². The minimum absolute atomic E-state index is 0.204. The van der Waals surface area contributed by atoms with Crippen LogP contribution < -0.4 is 24.8 Å². The van der Waals surface area contributed by atoms with Gasteiger partial charge in [-0.1, -0.05) is 17.7 Å². The third-order valence-electron chi connectivity index (χ3n) is 4.76. The zero-order valence-corrected chi connectivity index (χ0v) is 16.9. The summed E-state index contributed by atoms with van der Waals surface area (Å²) in [4.78, 5) is 12.7. The second-order valence-electron chi connectivity index (χ2n) is 6.44. The highest BCUT2D eigenvalue weighted by Gasteiger charge is 2.20. The van der Waals surface area contributed by atoms with Crippen LogP contribution >= 0.6 is 11.6 Å². The van der Waals surface area contributed by atoms with E-state index >= 15 is 0 Å². The summed E-state index contributed by atoms with van der Waals surface area (Å²) in [5, 5.41) is 6.79. The van der Waals surface area contributed by atoms with Crippen molar-refractivity contribution in [2.45, 2.75) is 0 Å². The Morgan fingerprint density at radius 2 is 1.45 bits per heavy atom. The SMILES string of the molecule is COc1cc(-c2ccc3c(c2)NC(=O)c2ccc(Cl)cc2N3)cc(OC)c1OC. The highest BCUT2D eigenvalue weighted by molar-refractivity contribution is 6.31. The molecule has 0 aromatic heterocycles. The predicted molar refractivity (Wildman–Crippen MR) is 114 cm³/mol. The van der Waals surface area contributed by atoms with Crippen LogP contribution in [0.4, 0.5) is 17.1 Å². The number of anilines is 3. The lowest BCUT2D eigenvalue weighted by Gasteiger charge is -2.15. The summed E-state index contributed by atoms with van der Waals surface area (Å²) >= 11 is 6.09. The van der Waals surface area contributed by atoms with E-state index in [1.165, 1.54) is 0 Å². The molecule has 0 fully saturated rings. The Labute approximate surface area is 173 Å². The minimum Gasteiger partial charge on any atom is -0.493 e. The molecule has 7 heteroatoms. The van der Waals surface area contributed by atoms with Gasteiger partial charge in [0.1, 0.15) is 0 Å². The molecule has 0 saturated heterocycles. The van der Waals surface area contributed by atoms with Crippen LogP contribution in [0.2, 0.25) is 5.02 Å². The number of benzene rings is 3. The second kappa shape index (κ2) is 7.56. The number of hydrogen-bond donors (Lipinski definition) is 2. The van der Waals surface area contributed by atoms with Crippen molar-refractivity contribution < 1.29 is 19.0 Å². The van der Waals surface area contributed by atoms with Gasteiger partial charge < -0.3 is 24.8 Å². The molecular formula is C22H19ClN2O4. The van der Waals surface area contributed by atoms with E-state index in [4.69, 9.17) is 25.8 Å². The minimum atomic E-state index is -0.204. The van der Waals surface area contributed by atoms with Crippen LogP contribution in [0.1, 0.15) is 10.4 Å². The number of ether oxygens (including phenoxy) is 3. The lowest BCUT2D eigenvalue weighted by molar-refractivity contribution is 0.102. The molecule has 148 valence electrons. The summed E-state index contributed by atoms with van der Waals surface area (Å²) in [6.07, 6.45) is 0. The average molecular weight is 411 g/mol. The second-order valence-corrected chi connectivity index (χ2v) is 6.88. The number of carbonyl (C=O) groups is 1. The first-order chi connectivity index (χ1) is 14.0. The van der Waals surface area contributed by atoms with Crippen LogP contribution in [0.25, 0.3) is 11.1 Å². The quantitative estimate of drug-likeness (QED) is 0.607. The molecule has 6 nitrogen and oxygen atoms in total. The van der Waals surface area contributed by atoms with Crippen molar-refractivity contribution in [1.29, 1.82) is 0 Å². The molecule has 0 bridgehead atoms. The fourth-order valence-electron chi connectivity index (χ4n) is 3.34. The number of halogens is 1. The largest absolute Gasteiger partial charge is 0.493 e. The monoisotopic (exact) mass is 410 g/mol. The van der Waals surface area contributed by atoms with Crippen molar-refractivity contribution in [2.24, 2.45) is 0 Å². The van der Waals surface area contributed by atoms with Crippen LogP contribution in [0.5, 0.6) is 17.2 Å². The van der Waals surface area contributed by atoms with Gasteiger partial charge >= 0.3 is 0 Å². The number of nitrogens with one attached hydrogen (secondary N) is 2. The number of hydrogen-bond acceptors (Lipinski definition) is 5. The van der Waals surface area contributed by atoms with E-state index in [0.29, 0.717) is 39.2 Å². The van der Waals surface area contributed by atoms with Crippen molar-refractivity contribution in [3.05, 3.63) is 59.1 Å². The summed E-state index contributed by atoms with van der Waals surface area (Å²) in [7, 11) is 4.71. The number of rotatable bonds is 4. The summed E-state index contributed by atoms with van der Waals surface area (Å²) < 4.78 is 16.3.